The summed E-state index contributed by atoms with van der Waals surface area (Å²) >= 11 is 0. The van der Waals surface area contributed by atoms with E-state index in [1.54, 1.807) is 6.07 Å². The van der Waals surface area contributed by atoms with Gasteiger partial charge in [-0.05, 0) is 19.4 Å². The number of carbonyl (C=O) groups excluding carboxylic acids is 2. The van der Waals surface area contributed by atoms with Crippen LogP contribution in [0, 0.1) is 5.92 Å². The maximum absolute atomic E-state index is 12.4. The quantitative estimate of drug-likeness (QED) is 0.781. The van der Waals surface area contributed by atoms with Crippen LogP contribution in [0.2, 0.25) is 0 Å². The van der Waals surface area contributed by atoms with E-state index in [4.69, 9.17) is 14.2 Å². The second-order valence-corrected chi connectivity index (χ2v) is 5.28. The molecule has 7 nitrogen and oxygen atoms in total. The number of ether oxygens (including phenoxy) is 3. The Bertz CT molecular complexity index is 588. The lowest BCUT2D eigenvalue weighted by Gasteiger charge is -2.22. The van der Waals surface area contributed by atoms with E-state index in [-0.39, 0.29) is 29.8 Å². The second-order valence-electron chi connectivity index (χ2n) is 5.28. The Labute approximate surface area is 147 Å². The van der Waals surface area contributed by atoms with Crippen molar-refractivity contribution in [3.05, 3.63) is 17.7 Å². The molecule has 0 bridgehead atoms. The van der Waals surface area contributed by atoms with Gasteiger partial charge >= 0.3 is 5.97 Å². The van der Waals surface area contributed by atoms with Gasteiger partial charge in [0.1, 0.15) is 0 Å². The van der Waals surface area contributed by atoms with Crippen LogP contribution in [0.15, 0.2) is 12.1 Å². The SMILES string of the molecule is COC(=O)c1cc(OC)c(OC)cc1NC(=O)C1CCCNC1.Cl. The third kappa shape index (κ3) is 4.52. The Hall–Kier alpha value is -1.99. The molecule has 134 valence electrons. The largest absolute Gasteiger partial charge is 0.493 e. The van der Waals surface area contributed by atoms with E-state index in [1.807, 2.05) is 0 Å². The average Bonchev–Trinajstić information content (AvgIpc) is 2.61. The molecule has 24 heavy (non-hydrogen) atoms. The molecule has 0 radical (unpaired) electrons. The molecular formula is C16H23ClN2O5. The molecule has 1 aliphatic rings. The van der Waals surface area contributed by atoms with E-state index in [1.165, 1.54) is 27.4 Å². The number of hydrogen-bond acceptors (Lipinski definition) is 6. The van der Waals surface area contributed by atoms with Crippen molar-refractivity contribution < 1.29 is 23.8 Å². The summed E-state index contributed by atoms with van der Waals surface area (Å²) in [4.78, 5) is 24.4. The van der Waals surface area contributed by atoms with Crippen molar-refractivity contribution in [3.63, 3.8) is 0 Å². The number of anilines is 1. The van der Waals surface area contributed by atoms with E-state index < -0.39 is 5.97 Å². The summed E-state index contributed by atoms with van der Waals surface area (Å²) < 4.78 is 15.2. The molecule has 1 fully saturated rings. The monoisotopic (exact) mass is 358 g/mol. The number of halogens is 1. The van der Waals surface area contributed by atoms with Gasteiger partial charge in [-0.15, -0.1) is 12.4 Å². The van der Waals surface area contributed by atoms with Crippen LogP contribution >= 0.6 is 12.4 Å². The summed E-state index contributed by atoms with van der Waals surface area (Å²) in [5.74, 6) is 0.0161. The van der Waals surface area contributed by atoms with Gasteiger partial charge in [0.15, 0.2) is 11.5 Å². The minimum Gasteiger partial charge on any atom is -0.493 e. The Balaban J connectivity index is 0.00000288. The minimum absolute atomic E-state index is 0. The second kappa shape index (κ2) is 9.34. The highest BCUT2D eigenvalue weighted by atomic mass is 35.5. The van der Waals surface area contributed by atoms with E-state index in [0.29, 0.717) is 23.7 Å². The van der Waals surface area contributed by atoms with Gasteiger partial charge in [0.2, 0.25) is 5.91 Å². The lowest BCUT2D eigenvalue weighted by Crippen LogP contribution is -2.37. The van der Waals surface area contributed by atoms with Crippen LogP contribution in [0.4, 0.5) is 5.69 Å². The molecule has 2 N–H and O–H groups in total. The third-order valence-corrected chi connectivity index (χ3v) is 3.85. The molecule has 0 saturated carbocycles. The zero-order valence-corrected chi connectivity index (χ0v) is 14.8. The van der Waals surface area contributed by atoms with Crippen molar-refractivity contribution in [1.29, 1.82) is 0 Å². The summed E-state index contributed by atoms with van der Waals surface area (Å²) in [6.07, 6.45) is 1.77. The fourth-order valence-electron chi connectivity index (χ4n) is 2.57. The predicted molar refractivity (Wildman–Crippen MR) is 92.4 cm³/mol. The van der Waals surface area contributed by atoms with Gasteiger partial charge in [-0.2, -0.15) is 0 Å². The molecule has 1 atom stereocenters. The van der Waals surface area contributed by atoms with Gasteiger partial charge in [0.25, 0.3) is 0 Å². The average molecular weight is 359 g/mol. The molecule has 1 amide bonds. The first kappa shape index (κ1) is 20.1. The molecule has 0 spiro atoms. The van der Waals surface area contributed by atoms with Gasteiger partial charge in [-0.25, -0.2) is 4.79 Å². The lowest BCUT2D eigenvalue weighted by atomic mass is 9.98. The molecule has 0 aliphatic carbocycles. The van der Waals surface area contributed by atoms with E-state index in [0.717, 1.165) is 19.4 Å². The van der Waals surface area contributed by atoms with Crippen molar-refractivity contribution in [2.45, 2.75) is 12.8 Å². The molecule has 1 unspecified atom stereocenters. The molecular weight excluding hydrogens is 336 g/mol. The molecule has 0 aromatic heterocycles. The Kier molecular flexibility index (Phi) is 7.81. The van der Waals surface area contributed by atoms with Crippen molar-refractivity contribution in [2.75, 3.05) is 39.7 Å². The minimum atomic E-state index is -0.553. The predicted octanol–water partition coefficient (Wildman–Crippen LogP) is 1.85. The number of nitrogens with one attached hydrogen (secondary N) is 2. The Morgan fingerprint density at radius 3 is 2.38 bits per heavy atom. The van der Waals surface area contributed by atoms with Crippen LogP contribution in [0.5, 0.6) is 11.5 Å². The standard InChI is InChI=1S/C16H22N2O5.ClH/c1-21-13-7-11(16(20)23-3)12(8-14(13)22-2)18-15(19)10-5-4-6-17-9-10;/h7-8,10,17H,4-6,9H2,1-3H3,(H,18,19);1H. The number of esters is 1. The van der Waals surface area contributed by atoms with Crippen LogP contribution in [-0.4, -0.2) is 46.3 Å². The summed E-state index contributed by atoms with van der Waals surface area (Å²) in [5, 5.41) is 6.00. The lowest BCUT2D eigenvalue weighted by molar-refractivity contribution is -0.120. The van der Waals surface area contributed by atoms with Gasteiger partial charge in [-0.3, -0.25) is 4.79 Å². The van der Waals surface area contributed by atoms with Gasteiger partial charge in [0.05, 0.1) is 38.5 Å². The topological polar surface area (TPSA) is 85.9 Å². The zero-order chi connectivity index (χ0) is 16.8. The van der Waals surface area contributed by atoms with Gasteiger partial charge < -0.3 is 24.8 Å². The van der Waals surface area contributed by atoms with Crippen LogP contribution in [0.3, 0.4) is 0 Å². The molecule has 1 aliphatic heterocycles. The fraction of sp³-hybridized carbons (Fsp3) is 0.500. The fourth-order valence-corrected chi connectivity index (χ4v) is 2.57. The van der Waals surface area contributed by atoms with Gasteiger partial charge in [0, 0.05) is 18.7 Å². The van der Waals surface area contributed by atoms with E-state index in [9.17, 15) is 9.59 Å². The number of hydrogen-bond donors (Lipinski definition) is 2. The first-order chi connectivity index (χ1) is 11.1. The first-order valence-electron chi connectivity index (χ1n) is 7.46. The smallest absolute Gasteiger partial charge is 0.340 e. The normalized spacial score (nSPS) is 16.5. The summed E-state index contributed by atoms with van der Waals surface area (Å²) in [5.41, 5.74) is 0.576. The molecule has 1 saturated heterocycles. The summed E-state index contributed by atoms with van der Waals surface area (Å²) in [7, 11) is 4.26. The van der Waals surface area contributed by atoms with Crippen LogP contribution in [0.25, 0.3) is 0 Å². The molecule has 8 heteroatoms. The van der Waals surface area contributed by atoms with Crippen LogP contribution in [-0.2, 0) is 9.53 Å². The van der Waals surface area contributed by atoms with E-state index in [2.05, 4.69) is 10.6 Å². The van der Waals surface area contributed by atoms with Crippen molar-refractivity contribution in [1.82, 2.24) is 5.32 Å². The number of methoxy groups -OCH3 is 3. The summed E-state index contributed by atoms with van der Waals surface area (Å²) in [6.45, 7) is 1.56. The van der Waals surface area contributed by atoms with Crippen molar-refractivity contribution in [3.8, 4) is 11.5 Å². The Morgan fingerprint density at radius 2 is 1.83 bits per heavy atom. The van der Waals surface area contributed by atoms with Gasteiger partial charge in [-0.1, -0.05) is 0 Å². The number of carbonyl (C=O) groups is 2. The van der Waals surface area contributed by atoms with Crippen molar-refractivity contribution >= 4 is 30.0 Å². The highest BCUT2D eigenvalue weighted by Gasteiger charge is 2.24. The number of piperidine rings is 1. The van der Waals surface area contributed by atoms with E-state index >= 15 is 0 Å². The number of rotatable bonds is 5. The highest BCUT2D eigenvalue weighted by Crippen LogP contribution is 2.34. The first-order valence-corrected chi connectivity index (χ1v) is 7.46. The summed E-state index contributed by atoms with van der Waals surface area (Å²) in [6, 6.07) is 3.07. The molecule has 2 rings (SSSR count). The van der Waals surface area contributed by atoms with Crippen molar-refractivity contribution in [2.24, 2.45) is 5.92 Å². The highest BCUT2D eigenvalue weighted by molar-refractivity contribution is 6.02. The maximum atomic E-state index is 12.4. The number of amides is 1. The Morgan fingerprint density at radius 1 is 1.17 bits per heavy atom. The van der Waals surface area contributed by atoms with Crippen LogP contribution < -0.4 is 20.1 Å². The van der Waals surface area contributed by atoms with Crippen LogP contribution in [0.1, 0.15) is 23.2 Å². The molecule has 1 aromatic rings. The number of benzene rings is 1. The maximum Gasteiger partial charge on any atom is 0.340 e. The zero-order valence-electron chi connectivity index (χ0n) is 14.0. The molecule has 1 aromatic carbocycles. The molecule has 1 heterocycles. The third-order valence-electron chi connectivity index (χ3n) is 3.85.